The molecule has 3 heterocycles. The van der Waals surface area contributed by atoms with E-state index in [0.717, 1.165) is 11.4 Å². The topological polar surface area (TPSA) is 120 Å². The molecule has 0 radical (unpaired) electrons. The largest absolute Gasteiger partial charge is 0.465 e. The Balaban J connectivity index is 1.44. The lowest BCUT2D eigenvalue weighted by atomic mass is 9.93. The van der Waals surface area contributed by atoms with Crippen LogP contribution in [0.1, 0.15) is 34.7 Å². The Morgan fingerprint density at radius 2 is 1.80 bits per heavy atom. The van der Waals surface area contributed by atoms with Gasteiger partial charge in [0, 0.05) is 51.3 Å². The first-order valence-electron chi connectivity index (χ1n) is 11.4. The molecule has 2 aliphatic rings. The summed E-state index contributed by atoms with van der Waals surface area (Å²) in [6.45, 7) is 2.04. The van der Waals surface area contributed by atoms with Crippen molar-refractivity contribution in [2.45, 2.75) is 24.8 Å². The van der Waals surface area contributed by atoms with Gasteiger partial charge in [-0.1, -0.05) is 29.3 Å². The fourth-order valence-electron chi connectivity index (χ4n) is 4.90. The van der Waals surface area contributed by atoms with E-state index in [0.29, 0.717) is 54.6 Å². The monoisotopic (exact) mass is 519 g/mol. The molecule has 11 heteroatoms. The lowest BCUT2D eigenvalue weighted by Gasteiger charge is -2.34. The Bertz CT molecular complexity index is 1120. The van der Waals surface area contributed by atoms with Crippen LogP contribution in [-0.2, 0) is 4.79 Å². The number of aromatic nitrogens is 1. The maximum atomic E-state index is 13.4. The zero-order valence-corrected chi connectivity index (χ0v) is 20.7. The molecule has 9 nitrogen and oxygen atoms in total. The predicted octanol–water partition coefficient (Wildman–Crippen LogP) is 3.31. The van der Waals surface area contributed by atoms with Crippen LogP contribution in [0.25, 0.3) is 0 Å². The minimum absolute atomic E-state index is 0.0352. The average molecular weight is 520 g/mol. The minimum Gasteiger partial charge on any atom is -0.465 e. The summed E-state index contributed by atoms with van der Waals surface area (Å²) in [5.41, 5.74) is 6.48. The number of rotatable bonds is 5. The van der Waals surface area contributed by atoms with Crippen molar-refractivity contribution in [2.75, 3.05) is 38.1 Å². The summed E-state index contributed by atoms with van der Waals surface area (Å²) in [6.07, 6.45) is 1.73. The highest BCUT2D eigenvalue weighted by molar-refractivity contribution is 6.42. The summed E-state index contributed by atoms with van der Waals surface area (Å²) in [5, 5.41) is 10.4. The van der Waals surface area contributed by atoms with Crippen LogP contribution in [-0.4, -0.2) is 77.1 Å². The molecule has 0 aliphatic carbocycles. The first kappa shape index (κ1) is 25.1. The Labute approximate surface area is 213 Å². The van der Waals surface area contributed by atoms with Crippen LogP contribution in [0, 0.1) is 5.92 Å². The third-order valence-electron chi connectivity index (χ3n) is 6.97. The molecule has 2 atom stereocenters. The number of amides is 3. The zero-order chi connectivity index (χ0) is 25.3. The highest BCUT2D eigenvalue weighted by Crippen LogP contribution is 2.35. The second kappa shape index (κ2) is 10.3. The van der Waals surface area contributed by atoms with Gasteiger partial charge in [0.2, 0.25) is 11.8 Å². The molecule has 2 fully saturated rings. The van der Waals surface area contributed by atoms with E-state index in [1.807, 2.05) is 6.07 Å². The molecule has 1 aromatic heterocycles. The van der Waals surface area contributed by atoms with E-state index in [-0.39, 0.29) is 23.8 Å². The second-order valence-electron chi connectivity index (χ2n) is 9.01. The third-order valence-corrected chi connectivity index (χ3v) is 7.71. The SMILES string of the molecule is CN(C(=O)O)[C@@H]1CN(C(=O)C2CCN(c3ccc(C(N)=O)cn3)CC2)C[C@H]1c1ccc(Cl)c(Cl)c1. The van der Waals surface area contributed by atoms with Crippen molar-refractivity contribution >= 4 is 46.9 Å². The maximum absolute atomic E-state index is 13.4. The lowest BCUT2D eigenvalue weighted by Crippen LogP contribution is -2.44. The van der Waals surface area contributed by atoms with Gasteiger partial charge in [-0.05, 0) is 42.7 Å². The number of hydrogen-bond acceptors (Lipinski definition) is 5. The van der Waals surface area contributed by atoms with E-state index in [4.69, 9.17) is 28.9 Å². The molecule has 2 aromatic rings. The van der Waals surface area contributed by atoms with Gasteiger partial charge in [0.15, 0.2) is 0 Å². The number of nitrogens with zero attached hydrogens (tertiary/aromatic N) is 4. The Morgan fingerprint density at radius 1 is 1.09 bits per heavy atom. The number of carbonyl (C=O) groups excluding carboxylic acids is 2. The van der Waals surface area contributed by atoms with Crippen molar-refractivity contribution in [3.63, 3.8) is 0 Å². The zero-order valence-electron chi connectivity index (χ0n) is 19.2. The van der Waals surface area contributed by atoms with Crippen molar-refractivity contribution in [2.24, 2.45) is 11.7 Å². The molecule has 4 rings (SSSR count). The van der Waals surface area contributed by atoms with Gasteiger partial charge in [-0.2, -0.15) is 0 Å². The van der Waals surface area contributed by atoms with E-state index in [1.54, 1.807) is 29.2 Å². The Hall–Kier alpha value is -3.04. The number of carbonyl (C=O) groups is 3. The van der Waals surface area contributed by atoms with Crippen molar-refractivity contribution in [3.8, 4) is 0 Å². The van der Waals surface area contributed by atoms with Gasteiger partial charge >= 0.3 is 6.09 Å². The normalized spacial score (nSPS) is 20.7. The minimum atomic E-state index is -1.04. The molecular weight excluding hydrogens is 493 g/mol. The summed E-state index contributed by atoms with van der Waals surface area (Å²) in [7, 11) is 1.53. The second-order valence-corrected chi connectivity index (χ2v) is 9.83. The molecule has 2 aliphatic heterocycles. The van der Waals surface area contributed by atoms with Gasteiger partial charge < -0.3 is 25.5 Å². The van der Waals surface area contributed by atoms with E-state index in [9.17, 15) is 19.5 Å². The number of primary amides is 1. The predicted molar refractivity (Wildman–Crippen MR) is 133 cm³/mol. The molecule has 1 aromatic carbocycles. The van der Waals surface area contributed by atoms with Crippen LogP contribution < -0.4 is 10.6 Å². The van der Waals surface area contributed by atoms with Crippen LogP contribution in [0.2, 0.25) is 10.0 Å². The highest BCUT2D eigenvalue weighted by atomic mass is 35.5. The summed E-state index contributed by atoms with van der Waals surface area (Å²) in [5.74, 6) is -0.106. The number of carboxylic acid groups (broad SMARTS) is 1. The first-order chi connectivity index (χ1) is 16.7. The van der Waals surface area contributed by atoms with Crippen molar-refractivity contribution in [3.05, 3.63) is 57.7 Å². The quantitative estimate of drug-likeness (QED) is 0.625. The summed E-state index contributed by atoms with van der Waals surface area (Å²) in [6, 6.07) is 8.30. The van der Waals surface area contributed by atoms with Crippen LogP contribution in [0.15, 0.2) is 36.5 Å². The molecule has 2 saturated heterocycles. The third kappa shape index (κ3) is 5.31. The van der Waals surface area contributed by atoms with E-state index < -0.39 is 12.0 Å². The molecule has 0 spiro atoms. The molecule has 3 amide bonds. The number of likely N-dealkylation sites (tertiary alicyclic amines) is 1. The Morgan fingerprint density at radius 3 is 2.37 bits per heavy atom. The molecule has 35 heavy (non-hydrogen) atoms. The standard InChI is InChI=1S/C24H27Cl2N5O4/c1-29(24(34)35)20-13-31(12-17(20)15-2-4-18(25)19(26)10-15)23(33)14-6-8-30(9-7-14)21-5-3-16(11-28-21)22(27)32/h2-5,10-11,14,17,20H,6-9,12-13H2,1H3,(H2,27,32)(H,34,35)/t17-,20+/m0/s1. The van der Waals surface area contributed by atoms with Gasteiger partial charge in [-0.25, -0.2) is 9.78 Å². The summed E-state index contributed by atoms with van der Waals surface area (Å²) in [4.78, 5) is 45.9. The number of halogens is 2. The van der Waals surface area contributed by atoms with Gasteiger partial charge in [-0.15, -0.1) is 0 Å². The maximum Gasteiger partial charge on any atom is 0.407 e. The van der Waals surface area contributed by atoms with Crippen molar-refractivity contribution < 1.29 is 19.5 Å². The highest BCUT2D eigenvalue weighted by Gasteiger charge is 2.42. The smallest absolute Gasteiger partial charge is 0.407 e. The number of hydrogen-bond donors (Lipinski definition) is 2. The van der Waals surface area contributed by atoms with E-state index >= 15 is 0 Å². The average Bonchev–Trinajstić information content (AvgIpc) is 3.30. The Kier molecular flexibility index (Phi) is 7.37. The van der Waals surface area contributed by atoms with E-state index in [1.165, 1.54) is 18.1 Å². The number of anilines is 1. The van der Waals surface area contributed by atoms with Gasteiger partial charge in [0.05, 0.1) is 21.7 Å². The van der Waals surface area contributed by atoms with Crippen LogP contribution >= 0.6 is 23.2 Å². The van der Waals surface area contributed by atoms with Gasteiger partial charge in [0.1, 0.15) is 5.82 Å². The first-order valence-corrected chi connectivity index (χ1v) is 12.1. The fourth-order valence-corrected chi connectivity index (χ4v) is 5.21. The molecule has 186 valence electrons. The van der Waals surface area contributed by atoms with Gasteiger partial charge in [-0.3, -0.25) is 9.59 Å². The van der Waals surface area contributed by atoms with Crippen molar-refractivity contribution in [1.82, 2.24) is 14.8 Å². The molecule has 3 N–H and O–H groups in total. The fraction of sp³-hybridized carbons (Fsp3) is 0.417. The van der Waals surface area contributed by atoms with Crippen molar-refractivity contribution in [1.29, 1.82) is 0 Å². The summed E-state index contributed by atoms with van der Waals surface area (Å²) >= 11 is 12.3. The lowest BCUT2D eigenvalue weighted by molar-refractivity contribution is -0.135. The van der Waals surface area contributed by atoms with Crippen LogP contribution in [0.5, 0.6) is 0 Å². The number of benzene rings is 1. The molecule has 0 bridgehead atoms. The molecular formula is C24H27Cl2N5O4. The summed E-state index contributed by atoms with van der Waals surface area (Å²) < 4.78 is 0. The number of likely N-dealkylation sites (N-methyl/N-ethyl adjacent to an activating group) is 1. The van der Waals surface area contributed by atoms with Crippen LogP contribution in [0.3, 0.4) is 0 Å². The molecule has 0 saturated carbocycles. The number of pyridine rings is 1. The van der Waals surface area contributed by atoms with E-state index in [2.05, 4.69) is 9.88 Å². The van der Waals surface area contributed by atoms with Gasteiger partial charge in [0.25, 0.3) is 0 Å². The number of nitrogens with two attached hydrogens (primary N) is 1. The number of piperidine rings is 1. The molecule has 0 unspecified atom stereocenters. The van der Waals surface area contributed by atoms with Crippen LogP contribution in [0.4, 0.5) is 10.6 Å².